The second-order valence-corrected chi connectivity index (χ2v) is 4.30. The first-order valence-electron chi connectivity index (χ1n) is 6.88. The first-order valence-corrected chi connectivity index (χ1v) is 6.88. The van der Waals surface area contributed by atoms with Gasteiger partial charge in [0.1, 0.15) is 0 Å². The Hall–Kier alpha value is -1.42. The Labute approximate surface area is 116 Å². The van der Waals surface area contributed by atoms with Crippen molar-refractivity contribution in [2.45, 2.75) is 26.2 Å². The lowest BCUT2D eigenvalue weighted by atomic mass is 10.3. The molecule has 108 valence electrons. The predicted molar refractivity (Wildman–Crippen MR) is 77.4 cm³/mol. The van der Waals surface area contributed by atoms with Gasteiger partial charge in [-0.05, 0) is 38.1 Å². The molecular weight excluding hydrogens is 242 g/mol. The molecule has 0 aromatic heterocycles. The van der Waals surface area contributed by atoms with E-state index < -0.39 is 0 Å². The number of rotatable bonds is 10. The Kier molecular flexibility index (Phi) is 7.82. The van der Waals surface area contributed by atoms with E-state index in [-0.39, 0.29) is 0 Å². The fourth-order valence-corrected chi connectivity index (χ4v) is 1.76. The summed E-state index contributed by atoms with van der Waals surface area (Å²) in [5.41, 5.74) is 0. The molecule has 0 atom stereocenters. The van der Waals surface area contributed by atoms with E-state index in [0.717, 1.165) is 19.5 Å². The number of benzene rings is 1. The third-order valence-electron chi connectivity index (χ3n) is 2.83. The first-order chi connectivity index (χ1) is 9.33. The maximum Gasteiger partial charge on any atom is 0.203 e. The molecule has 1 aromatic carbocycles. The fourth-order valence-electron chi connectivity index (χ4n) is 1.76. The van der Waals surface area contributed by atoms with E-state index in [1.165, 1.54) is 12.8 Å². The van der Waals surface area contributed by atoms with Crippen molar-refractivity contribution < 1.29 is 14.2 Å². The number of hydrogen-bond donors (Lipinski definition) is 1. The van der Waals surface area contributed by atoms with Crippen molar-refractivity contribution in [2.75, 3.05) is 33.9 Å². The van der Waals surface area contributed by atoms with Gasteiger partial charge in [0.05, 0.1) is 20.8 Å². The zero-order valence-electron chi connectivity index (χ0n) is 12.2. The van der Waals surface area contributed by atoms with Gasteiger partial charge in [-0.2, -0.15) is 0 Å². The smallest absolute Gasteiger partial charge is 0.203 e. The van der Waals surface area contributed by atoms with Crippen LogP contribution in [0.15, 0.2) is 18.2 Å². The van der Waals surface area contributed by atoms with Crippen LogP contribution in [0.4, 0.5) is 0 Å². The molecule has 1 rings (SSSR count). The van der Waals surface area contributed by atoms with Crippen LogP contribution in [-0.2, 0) is 0 Å². The molecule has 0 bridgehead atoms. The van der Waals surface area contributed by atoms with Crippen molar-refractivity contribution in [1.82, 2.24) is 5.32 Å². The third kappa shape index (κ3) is 5.39. The van der Waals surface area contributed by atoms with E-state index in [4.69, 9.17) is 14.2 Å². The minimum Gasteiger partial charge on any atom is -0.493 e. The van der Waals surface area contributed by atoms with Crippen LogP contribution >= 0.6 is 0 Å². The van der Waals surface area contributed by atoms with Crippen LogP contribution in [0.25, 0.3) is 0 Å². The van der Waals surface area contributed by atoms with E-state index in [1.54, 1.807) is 14.2 Å². The highest BCUT2D eigenvalue weighted by molar-refractivity contribution is 5.51. The second kappa shape index (κ2) is 9.50. The third-order valence-corrected chi connectivity index (χ3v) is 2.83. The maximum absolute atomic E-state index is 5.77. The van der Waals surface area contributed by atoms with Crippen LogP contribution in [0.5, 0.6) is 17.2 Å². The summed E-state index contributed by atoms with van der Waals surface area (Å²) in [6.07, 6.45) is 3.41. The molecule has 0 aliphatic carbocycles. The van der Waals surface area contributed by atoms with Crippen molar-refractivity contribution in [3.8, 4) is 17.2 Å². The normalized spacial score (nSPS) is 10.3. The van der Waals surface area contributed by atoms with Gasteiger partial charge in [0.25, 0.3) is 0 Å². The SMILES string of the molecule is CCCCNCCCOc1c(OC)cccc1OC. The van der Waals surface area contributed by atoms with Gasteiger partial charge >= 0.3 is 0 Å². The number of ether oxygens (including phenoxy) is 3. The van der Waals surface area contributed by atoms with E-state index in [2.05, 4.69) is 12.2 Å². The van der Waals surface area contributed by atoms with E-state index in [9.17, 15) is 0 Å². The molecule has 1 aromatic rings. The monoisotopic (exact) mass is 267 g/mol. The highest BCUT2D eigenvalue weighted by Gasteiger charge is 2.10. The van der Waals surface area contributed by atoms with Crippen LogP contribution in [-0.4, -0.2) is 33.9 Å². The number of unbranched alkanes of at least 4 members (excludes halogenated alkanes) is 1. The zero-order chi connectivity index (χ0) is 13.9. The van der Waals surface area contributed by atoms with Crippen LogP contribution in [0.2, 0.25) is 0 Å². The van der Waals surface area contributed by atoms with E-state index >= 15 is 0 Å². The Bertz CT molecular complexity index is 333. The Balaban J connectivity index is 2.35. The van der Waals surface area contributed by atoms with Crippen molar-refractivity contribution in [1.29, 1.82) is 0 Å². The van der Waals surface area contributed by atoms with Crippen molar-refractivity contribution >= 4 is 0 Å². The Morgan fingerprint density at radius 1 is 1.00 bits per heavy atom. The molecule has 0 fully saturated rings. The summed E-state index contributed by atoms with van der Waals surface area (Å²) < 4.78 is 16.3. The lowest BCUT2D eigenvalue weighted by molar-refractivity contribution is 0.269. The highest BCUT2D eigenvalue weighted by atomic mass is 16.5. The molecule has 0 aliphatic heterocycles. The molecule has 0 saturated carbocycles. The number of hydrogen-bond acceptors (Lipinski definition) is 4. The Morgan fingerprint density at radius 2 is 1.63 bits per heavy atom. The number of para-hydroxylation sites is 1. The molecule has 0 unspecified atom stereocenters. The van der Waals surface area contributed by atoms with E-state index in [0.29, 0.717) is 23.9 Å². The summed E-state index contributed by atoms with van der Waals surface area (Å²) in [6.45, 7) is 4.89. The van der Waals surface area contributed by atoms with Crippen molar-refractivity contribution in [3.05, 3.63) is 18.2 Å². The van der Waals surface area contributed by atoms with Crippen molar-refractivity contribution in [2.24, 2.45) is 0 Å². The van der Waals surface area contributed by atoms with Gasteiger partial charge in [0.2, 0.25) is 5.75 Å². The van der Waals surface area contributed by atoms with Gasteiger partial charge in [-0.3, -0.25) is 0 Å². The maximum atomic E-state index is 5.77. The van der Waals surface area contributed by atoms with E-state index in [1.807, 2.05) is 18.2 Å². The van der Waals surface area contributed by atoms with Crippen LogP contribution in [0, 0.1) is 0 Å². The molecule has 0 spiro atoms. The van der Waals surface area contributed by atoms with Gasteiger partial charge in [0.15, 0.2) is 11.5 Å². The van der Waals surface area contributed by atoms with Gasteiger partial charge in [0, 0.05) is 0 Å². The number of nitrogens with one attached hydrogen (secondary N) is 1. The molecule has 0 radical (unpaired) electrons. The highest BCUT2D eigenvalue weighted by Crippen LogP contribution is 2.36. The molecule has 4 nitrogen and oxygen atoms in total. The zero-order valence-corrected chi connectivity index (χ0v) is 12.2. The van der Waals surface area contributed by atoms with Crippen LogP contribution in [0.1, 0.15) is 26.2 Å². The fraction of sp³-hybridized carbons (Fsp3) is 0.600. The molecule has 19 heavy (non-hydrogen) atoms. The van der Waals surface area contributed by atoms with Gasteiger partial charge in [-0.1, -0.05) is 19.4 Å². The minimum absolute atomic E-state index is 0.649. The molecule has 4 heteroatoms. The molecule has 1 N–H and O–H groups in total. The molecule has 0 aliphatic rings. The van der Waals surface area contributed by atoms with Gasteiger partial charge in [-0.25, -0.2) is 0 Å². The van der Waals surface area contributed by atoms with Crippen LogP contribution < -0.4 is 19.5 Å². The van der Waals surface area contributed by atoms with Crippen molar-refractivity contribution in [3.63, 3.8) is 0 Å². The average Bonchev–Trinajstić information content (AvgIpc) is 2.46. The largest absolute Gasteiger partial charge is 0.493 e. The quantitative estimate of drug-likeness (QED) is 0.662. The van der Waals surface area contributed by atoms with Crippen LogP contribution in [0.3, 0.4) is 0 Å². The molecule has 0 heterocycles. The molecule has 0 amide bonds. The minimum atomic E-state index is 0.649. The topological polar surface area (TPSA) is 39.7 Å². The summed E-state index contributed by atoms with van der Waals surface area (Å²) in [6, 6.07) is 5.63. The summed E-state index contributed by atoms with van der Waals surface area (Å²) in [5.74, 6) is 2.10. The lowest BCUT2D eigenvalue weighted by Crippen LogP contribution is -2.18. The van der Waals surface area contributed by atoms with Gasteiger partial charge in [-0.15, -0.1) is 0 Å². The summed E-state index contributed by atoms with van der Waals surface area (Å²) in [4.78, 5) is 0. The van der Waals surface area contributed by atoms with Gasteiger partial charge < -0.3 is 19.5 Å². The second-order valence-electron chi connectivity index (χ2n) is 4.30. The number of methoxy groups -OCH3 is 2. The summed E-state index contributed by atoms with van der Waals surface area (Å²) >= 11 is 0. The standard InChI is InChI=1S/C15H25NO3/c1-4-5-10-16-11-7-12-19-15-13(17-2)8-6-9-14(15)18-3/h6,8-9,16H,4-5,7,10-12H2,1-3H3. The predicted octanol–water partition coefficient (Wildman–Crippen LogP) is 2.86. The molecular formula is C15H25NO3. The lowest BCUT2D eigenvalue weighted by Gasteiger charge is -2.14. The summed E-state index contributed by atoms with van der Waals surface area (Å²) in [7, 11) is 3.27. The first kappa shape index (κ1) is 15.6. The Morgan fingerprint density at radius 3 is 2.21 bits per heavy atom. The molecule has 0 saturated heterocycles. The summed E-state index contributed by atoms with van der Waals surface area (Å²) in [5, 5.41) is 3.39. The average molecular weight is 267 g/mol.